The number of rotatable bonds is 2. The van der Waals surface area contributed by atoms with E-state index < -0.39 is 18.4 Å². The van der Waals surface area contributed by atoms with E-state index in [9.17, 15) is 13.2 Å². The lowest BCUT2D eigenvalue weighted by Gasteiger charge is -2.37. The summed E-state index contributed by atoms with van der Waals surface area (Å²) < 4.78 is 38.4. The second-order valence-electron chi connectivity index (χ2n) is 5.10. The molecular weight excluding hydrogens is 257 g/mol. The average molecular weight is 276 g/mol. The van der Waals surface area contributed by atoms with Gasteiger partial charge in [0.25, 0.3) is 0 Å². The van der Waals surface area contributed by atoms with Gasteiger partial charge in [-0.2, -0.15) is 13.2 Å². The maximum atomic E-state index is 12.8. The second kappa shape index (κ2) is 5.54. The number of alkyl halides is 3. The van der Waals surface area contributed by atoms with Gasteiger partial charge in [-0.1, -0.05) is 0 Å². The zero-order chi connectivity index (χ0) is 14.0. The van der Waals surface area contributed by atoms with E-state index in [0.717, 1.165) is 25.3 Å². The standard InChI is InChI=1S/C13H19F3N2O/c1-9-7-18(5-4-17-9)11-2-3-12(13(14,15)16)10(6-11)8-19/h6,9,17,19H,2-5,7-8H2,1H3/t9-/m1/s1. The van der Waals surface area contributed by atoms with E-state index in [2.05, 4.69) is 17.1 Å². The normalized spacial score (nSPS) is 25.6. The van der Waals surface area contributed by atoms with Crippen LogP contribution in [0.25, 0.3) is 0 Å². The molecule has 0 aromatic carbocycles. The summed E-state index contributed by atoms with van der Waals surface area (Å²) in [6.07, 6.45) is -2.46. The lowest BCUT2D eigenvalue weighted by Crippen LogP contribution is -2.48. The van der Waals surface area contributed by atoms with Gasteiger partial charge in [-0.3, -0.25) is 0 Å². The highest BCUT2D eigenvalue weighted by molar-refractivity contribution is 5.36. The van der Waals surface area contributed by atoms with Crippen LogP contribution in [0, 0.1) is 0 Å². The SMILES string of the molecule is C[C@@H]1CN(C2=CC(CO)=C(C(F)(F)F)CC2)CCN1. The minimum absolute atomic E-state index is 0.0138. The molecule has 6 heteroatoms. The van der Waals surface area contributed by atoms with Crippen LogP contribution in [-0.4, -0.2) is 48.5 Å². The summed E-state index contributed by atoms with van der Waals surface area (Å²) in [5.74, 6) is 0. The Morgan fingerprint density at radius 1 is 1.42 bits per heavy atom. The Labute approximate surface area is 110 Å². The Morgan fingerprint density at radius 3 is 2.74 bits per heavy atom. The van der Waals surface area contributed by atoms with Gasteiger partial charge in [0.2, 0.25) is 0 Å². The molecule has 1 aliphatic heterocycles. The largest absolute Gasteiger partial charge is 0.413 e. The molecule has 1 heterocycles. The summed E-state index contributed by atoms with van der Waals surface area (Å²) in [6.45, 7) is 3.93. The van der Waals surface area contributed by atoms with Gasteiger partial charge in [0.1, 0.15) is 0 Å². The fourth-order valence-corrected chi connectivity index (χ4v) is 2.68. The molecule has 0 spiro atoms. The molecule has 0 radical (unpaired) electrons. The number of aliphatic hydroxyl groups is 1. The second-order valence-corrected chi connectivity index (χ2v) is 5.10. The first-order valence-corrected chi connectivity index (χ1v) is 6.51. The van der Waals surface area contributed by atoms with Crippen molar-refractivity contribution >= 4 is 0 Å². The fourth-order valence-electron chi connectivity index (χ4n) is 2.68. The third kappa shape index (κ3) is 3.30. The predicted octanol–water partition coefficient (Wildman–Crippen LogP) is 1.81. The highest BCUT2D eigenvalue weighted by Gasteiger charge is 2.37. The third-order valence-corrected chi connectivity index (χ3v) is 3.65. The third-order valence-electron chi connectivity index (χ3n) is 3.65. The van der Waals surface area contributed by atoms with Crippen LogP contribution in [0.5, 0.6) is 0 Å². The molecule has 0 aromatic rings. The van der Waals surface area contributed by atoms with Crippen molar-refractivity contribution < 1.29 is 18.3 Å². The Kier molecular flexibility index (Phi) is 4.20. The van der Waals surface area contributed by atoms with Crippen LogP contribution in [0.1, 0.15) is 19.8 Å². The average Bonchev–Trinajstić information content (AvgIpc) is 2.37. The fraction of sp³-hybridized carbons (Fsp3) is 0.692. The van der Waals surface area contributed by atoms with Crippen molar-refractivity contribution in [2.24, 2.45) is 0 Å². The Bertz CT molecular complexity index is 401. The predicted molar refractivity (Wildman–Crippen MR) is 66.5 cm³/mol. The minimum Gasteiger partial charge on any atom is -0.392 e. The lowest BCUT2D eigenvalue weighted by molar-refractivity contribution is -0.0954. The molecule has 0 unspecified atom stereocenters. The zero-order valence-electron chi connectivity index (χ0n) is 10.9. The van der Waals surface area contributed by atoms with Gasteiger partial charge < -0.3 is 15.3 Å². The lowest BCUT2D eigenvalue weighted by atomic mass is 9.94. The summed E-state index contributed by atoms with van der Waals surface area (Å²) in [5.41, 5.74) is 0.340. The number of halogens is 3. The van der Waals surface area contributed by atoms with Crippen molar-refractivity contribution in [3.05, 3.63) is 22.9 Å². The molecule has 0 aromatic heterocycles. The summed E-state index contributed by atoms with van der Waals surface area (Å²) in [5, 5.41) is 12.5. The number of piperazine rings is 1. The monoisotopic (exact) mass is 276 g/mol. The molecule has 19 heavy (non-hydrogen) atoms. The summed E-state index contributed by atoms with van der Waals surface area (Å²) >= 11 is 0. The molecule has 1 fully saturated rings. The van der Waals surface area contributed by atoms with Crippen molar-refractivity contribution in [2.45, 2.75) is 32.0 Å². The van der Waals surface area contributed by atoms with Crippen molar-refractivity contribution in [1.82, 2.24) is 10.2 Å². The van der Waals surface area contributed by atoms with Crippen LogP contribution in [-0.2, 0) is 0 Å². The first-order chi connectivity index (χ1) is 8.91. The van der Waals surface area contributed by atoms with Gasteiger partial charge in [0, 0.05) is 36.9 Å². The van der Waals surface area contributed by atoms with Crippen LogP contribution in [0.3, 0.4) is 0 Å². The van der Waals surface area contributed by atoms with E-state index in [1.165, 1.54) is 6.08 Å². The molecule has 1 atom stereocenters. The highest BCUT2D eigenvalue weighted by atomic mass is 19.4. The van der Waals surface area contributed by atoms with Gasteiger partial charge in [0.05, 0.1) is 6.61 Å². The van der Waals surface area contributed by atoms with E-state index in [4.69, 9.17) is 5.11 Å². The zero-order valence-corrected chi connectivity index (χ0v) is 10.9. The van der Waals surface area contributed by atoms with E-state index in [0.29, 0.717) is 12.5 Å². The summed E-state index contributed by atoms with van der Waals surface area (Å²) in [4.78, 5) is 2.12. The van der Waals surface area contributed by atoms with Gasteiger partial charge in [-0.25, -0.2) is 0 Å². The molecule has 0 amide bonds. The highest BCUT2D eigenvalue weighted by Crippen LogP contribution is 2.37. The molecule has 1 aliphatic carbocycles. The van der Waals surface area contributed by atoms with Crippen molar-refractivity contribution in [3.63, 3.8) is 0 Å². The van der Waals surface area contributed by atoms with Crippen molar-refractivity contribution in [3.8, 4) is 0 Å². The number of hydrogen-bond donors (Lipinski definition) is 2. The topological polar surface area (TPSA) is 35.5 Å². The van der Waals surface area contributed by atoms with Gasteiger partial charge in [-0.05, 0) is 31.4 Å². The van der Waals surface area contributed by atoms with E-state index in [-0.39, 0.29) is 12.0 Å². The van der Waals surface area contributed by atoms with E-state index in [1.54, 1.807) is 0 Å². The molecule has 1 saturated heterocycles. The quantitative estimate of drug-likeness (QED) is 0.807. The maximum Gasteiger partial charge on any atom is 0.413 e. The molecule has 2 aliphatic rings. The Hall–Kier alpha value is -1.01. The Morgan fingerprint density at radius 2 is 2.16 bits per heavy atom. The number of allylic oxidation sites excluding steroid dienone is 2. The van der Waals surface area contributed by atoms with Crippen LogP contribution < -0.4 is 5.32 Å². The summed E-state index contributed by atoms with van der Waals surface area (Å²) in [6, 6.07) is 0.334. The molecule has 0 saturated carbocycles. The van der Waals surface area contributed by atoms with Crippen LogP contribution in [0.4, 0.5) is 13.2 Å². The van der Waals surface area contributed by atoms with E-state index in [1.807, 2.05) is 0 Å². The molecule has 2 rings (SSSR count). The molecule has 2 N–H and O–H groups in total. The maximum absolute atomic E-state index is 12.8. The molecule has 0 bridgehead atoms. The smallest absolute Gasteiger partial charge is 0.392 e. The van der Waals surface area contributed by atoms with Gasteiger partial charge in [0.15, 0.2) is 0 Å². The van der Waals surface area contributed by atoms with Crippen molar-refractivity contribution in [1.29, 1.82) is 0 Å². The number of nitrogens with one attached hydrogen (secondary N) is 1. The van der Waals surface area contributed by atoms with Crippen LogP contribution in [0.2, 0.25) is 0 Å². The Balaban J connectivity index is 2.20. The van der Waals surface area contributed by atoms with Gasteiger partial charge >= 0.3 is 6.18 Å². The van der Waals surface area contributed by atoms with Crippen LogP contribution >= 0.6 is 0 Å². The summed E-state index contributed by atoms with van der Waals surface area (Å²) in [7, 11) is 0. The van der Waals surface area contributed by atoms with Gasteiger partial charge in [-0.15, -0.1) is 0 Å². The van der Waals surface area contributed by atoms with Crippen LogP contribution in [0.15, 0.2) is 22.9 Å². The molecule has 108 valence electrons. The first-order valence-electron chi connectivity index (χ1n) is 6.51. The number of hydrogen-bond acceptors (Lipinski definition) is 3. The number of nitrogens with zero attached hydrogens (tertiary/aromatic N) is 1. The molecular formula is C13H19F3N2O. The first kappa shape index (κ1) is 14.4. The number of aliphatic hydroxyl groups excluding tert-OH is 1. The molecule has 3 nitrogen and oxygen atoms in total. The van der Waals surface area contributed by atoms with Crippen molar-refractivity contribution in [2.75, 3.05) is 26.2 Å². The minimum atomic E-state index is -4.34. The van der Waals surface area contributed by atoms with E-state index >= 15 is 0 Å².